The summed E-state index contributed by atoms with van der Waals surface area (Å²) in [6, 6.07) is 8.16. The molecule has 0 heterocycles. The van der Waals surface area contributed by atoms with Crippen LogP contribution in [0.2, 0.25) is 0 Å². The number of likely N-dealkylation sites (N-methyl/N-ethyl adjacent to an activating group) is 1. The van der Waals surface area contributed by atoms with Gasteiger partial charge in [-0.15, -0.1) is 0 Å². The van der Waals surface area contributed by atoms with Gasteiger partial charge in [0, 0.05) is 25.4 Å². The molecule has 102 valence electrons. The van der Waals surface area contributed by atoms with Gasteiger partial charge in [0.25, 0.3) is 0 Å². The molecular formula is C15H25NO2. The first-order chi connectivity index (χ1) is 8.72. The molecule has 0 fully saturated rings. The quantitative estimate of drug-likeness (QED) is 0.721. The van der Waals surface area contributed by atoms with Gasteiger partial charge in [0.2, 0.25) is 0 Å². The molecule has 1 atom stereocenters. The molecule has 0 amide bonds. The van der Waals surface area contributed by atoms with Crippen LogP contribution in [0.3, 0.4) is 0 Å². The van der Waals surface area contributed by atoms with Crippen LogP contribution in [0.5, 0.6) is 0 Å². The monoisotopic (exact) mass is 251 g/mol. The Morgan fingerprint density at radius 3 is 2.33 bits per heavy atom. The van der Waals surface area contributed by atoms with Crippen molar-refractivity contribution in [3.63, 3.8) is 0 Å². The molecule has 0 unspecified atom stereocenters. The van der Waals surface area contributed by atoms with E-state index in [0.29, 0.717) is 0 Å². The van der Waals surface area contributed by atoms with Crippen molar-refractivity contribution in [3.05, 3.63) is 29.8 Å². The van der Waals surface area contributed by atoms with Gasteiger partial charge >= 0.3 is 0 Å². The summed E-state index contributed by atoms with van der Waals surface area (Å²) >= 11 is 0. The predicted octanol–water partition coefficient (Wildman–Crippen LogP) is 2.99. The molecule has 0 aliphatic rings. The van der Waals surface area contributed by atoms with E-state index < -0.39 is 0 Å². The summed E-state index contributed by atoms with van der Waals surface area (Å²) in [5.41, 5.74) is 2.17. The lowest BCUT2D eigenvalue weighted by Crippen LogP contribution is -2.27. The first kappa shape index (κ1) is 15.0. The first-order valence-electron chi connectivity index (χ1n) is 6.83. The van der Waals surface area contributed by atoms with Crippen molar-refractivity contribution in [2.24, 2.45) is 0 Å². The van der Waals surface area contributed by atoms with Gasteiger partial charge in [-0.05, 0) is 38.0 Å². The van der Waals surface area contributed by atoms with Crippen molar-refractivity contribution in [1.29, 1.82) is 0 Å². The van der Waals surface area contributed by atoms with E-state index in [9.17, 15) is 5.11 Å². The average Bonchev–Trinajstić information content (AvgIpc) is 2.43. The van der Waals surface area contributed by atoms with Crippen LogP contribution in [0.25, 0.3) is 0 Å². The minimum Gasteiger partial charge on any atom is -0.388 e. The second-order valence-electron chi connectivity index (χ2n) is 4.29. The number of aliphatic hydroxyl groups excluding tert-OH is 1. The fourth-order valence-corrected chi connectivity index (χ4v) is 1.93. The Bertz CT molecular complexity index is 324. The molecule has 0 saturated heterocycles. The lowest BCUT2D eigenvalue weighted by atomic mass is 10.1. The first-order valence-corrected chi connectivity index (χ1v) is 6.83. The van der Waals surface area contributed by atoms with Crippen molar-refractivity contribution in [3.8, 4) is 0 Å². The van der Waals surface area contributed by atoms with E-state index in [1.807, 2.05) is 26.0 Å². The third kappa shape index (κ3) is 4.31. The van der Waals surface area contributed by atoms with Gasteiger partial charge in [-0.2, -0.15) is 0 Å². The van der Waals surface area contributed by atoms with Crippen molar-refractivity contribution in [2.75, 3.05) is 31.2 Å². The zero-order chi connectivity index (χ0) is 13.4. The highest BCUT2D eigenvalue weighted by molar-refractivity contribution is 5.47. The Morgan fingerprint density at radius 1 is 1.17 bits per heavy atom. The van der Waals surface area contributed by atoms with Gasteiger partial charge in [-0.1, -0.05) is 19.1 Å². The zero-order valence-corrected chi connectivity index (χ0v) is 11.7. The topological polar surface area (TPSA) is 32.7 Å². The normalized spacial score (nSPS) is 12.4. The lowest BCUT2D eigenvalue weighted by Gasteiger charge is -2.23. The van der Waals surface area contributed by atoms with Crippen LogP contribution in [0.1, 0.15) is 38.9 Å². The van der Waals surface area contributed by atoms with Gasteiger partial charge in [0.15, 0.2) is 0 Å². The van der Waals surface area contributed by atoms with Gasteiger partial charge in [-0.3, -0.25) is 0 Å². The number of benzene rings is 1. The summed E-state index contributed by atoms with van der Waals surface area (Å²) < 4.78 is 5.38. The fourth-order valence-electron chi connectivity index (χ4n) is 1.93. The molecule has 3 nitrogen and oxygen atoms in total. The Labute approximate surface area is 110 Å². The molecule has 0 bridgehead atoms. The maximum Gasteiger partial charge on any atom is 0.0787 e. The lowest BCUT2D eigenvalue weighted by molar-refractivity contribution is 0.154. The zero-order valence-electron chi connectivity index (χ0n) is 11.7. The van der Waals surface area contributed by atoms with E-state index >= 15 is 0 Å². The second-order valence-corrected chi connectivity index (χ2v) is 4.29. The molecule has 0 radical (unpaired) electrons. The maximum atomic E-state index is 9.76. The number of anilines is 1. The number of hydrogen-bond acceptors (Lipinski definition) is 3. The molecule has 0 aromatic heterocycles. The number of nitrogens with zero attached hydrogens (tertiary/aromatic N) is 1. The van der Waals surface area contributed by atoms with E-state index in [1.165, 1.54) is 5.69 Å². The molecule has 1 N–H and O–H groups in total. The van der Waals surface area contributed by atoms with Crippen LogP contribution < -0.4 is 4.90 Å². The standard InChI is InChI=1S/C15H25NO2/c1-4-15(17)13-7-9-14(10-8-13)16(5-2)11-12-18-6-3/h7-10,15,17H,4-6,11-12H2,1-3H3/t15-/m1/s1. The SMILES string of the molecule is CCOCCN(CC)c1ccc([C@H](O)CC)cc1. The number of rotatable bonds is 8. The van der Waals surface area contributed by atoms with E-state index in [2.05, 4.69) is 24.0 Å². The number of hydrogen-bond donors (Lipinski definition) is 1. The van der Waals surface area contributed by atoms with Crippen molar-refractivity contribution < 1.29 is 9.84 Å². The molecular weight excluding hydrogens is 226 g/mol. The highest BCUT2D eigenvalue weighted by atomic mass is 16.5. The molecule has 0 spiro atoms. The van der Waals surface area contributed by atoms with E-state index in [4.69, 9.17) is 4.74 Å². The molecule has 0 aliphatic carbocycles. The van der Waals surface area contributed by atoms with Crippen molar-refractivity contribution in [2.45, 2.75) is 33.3 Å². The smallest absolute Gasteiger partial charge is 0.0787 e. The van der Waals surface area contributed by atoms with Crippen LogP contribution in [-0.4, -0.2) is 31.4 Å². The van der Waals surface area contributed by atoms with E-state index in [0.717, 1.165) is 38.3 Å². The van der Waals surface area contributed by atoms with Gasteiger partial charge in [0.1, 0.15) is 0 Å². The Morgan fingerprint density at radius 2 is 1.83 bits per heavy atom. The summed E-state index contributed by atoms with van der Waals surface area (Å²) in [5.74, 6) is 0. The average molecular weight is 251 g/mol. The summed E-state index contributed by atoms with van der Waals surface area (Å²) in [4.78, 5) is 2.28. The van der Waals surface area contributed by atoms with Gasteiger partial charge < -0.3 is 14.7 Å². The predicted molar refractivity (Wildman–Crippen MR) is 76.1 cm³/mol. The largest absolute Gasteiger partial charge is 0.388 e. The van der Waals surface area contributed by atoms with Crippen LogP contribution in [0.15, 0.2) is 24.3 Å². The van der Waals surface area contributed by atoms with Crippen LogP contribution >= 0.6 is 0 Å². The van der Waals surface area contributed by atoms with Crippen LogP contribution in [0, 0.1) is 0 Å². The molecule has 18 heavy (non-hydrogen) atoms. The third-order valence-corrected chi connectivity index (χ3v) is 3.12. The van der Waals surface area contributed by atoms with Crippen molar-refractivity contribution >= 4 is 5.69 Å². The highest BCUT2D eigenvalue weighted by Gasteiger charge is 2.07. The maximum absolute atomic E-state index is 9.76. The molecule has 1 rings (SSSR count). The van der Waals surface area contributed by atoms with Gasteiger partial charge in [0.05, 0.1) is 12.7 Å². The van der Waals surface area contributed by atoms with Crippen LogP contribution in [-0.2, 0) is 4.74 Å². The third-order valence-electron chi connectivity index (χ3n) is 3.12. The minimum atomic E-state index is -0.349. The summed E-state index contributed by atoms with van der Waals surface area (Å²) in [6.07, 6.45) is 0.402. The molecule has 1 aromatic rings. The fraction of sp³-hybridized carbons (Fsp3) is 0.600. The minimum absolute atomic E-state index is 0.349. The summed E-state index contributed by atoms with van der Waals surface area (Å²) in [7, 11) is 0. The van der Waals surface area contributed by atoms with Crippen LogP contribution in [0.4, 0.5) is 5.69 Å². The number of ether oxygens (including phenoxy) is 1. The van der Waals surface area contributed by atoms with Gasteiger partial charge in [-0.25, -0.2) is 0 Å². The second kappa shape index (κ2) is 8.11. The molecule has 0 aliphatic heterocycles. The van der Waals surface area contributed by atoms with E-state index in [1.54, 1.807) is 0 Å². The molecule has 1 aromatic carbocycles. The molecule has 3 heteroatoms. The number of aliphatic hydroxyl groups is 1. The Balaban J connectivity index is 2.63. The van der Waals surface area contributed by atoms with E-state index in [-0.39, 0.29) is 6.10 Å². The van der Waals surface area contributed by atoms with Crippen molar-refractivity contribution in [1.82, 2.24) is 0 Å². The summed E-state index contributed by atoms with van der Waals surface area (Å²) in [5, 5.41) is 9.76. The summed E-state index contributed by atoms with van der Waals surface area (Å²) in [6.45, 7) is 9.52. The Hall–Kier alpha value is -1.06. The molecule has 0 saturated carbocycles. The highest BCUT2D eigenvalue weighted by Crippen LogP contribution is 2.20. The Kier molecular flexibility index (Phi) is 6.76.